The molecular weight excluding hydrogens is 389 g/mol. The smallest absolute Gasteiger partial charge is 0.250 e. The van der Waals surface area contributed by atoms with Crippen LogP contribution >= 0.6 is 23.2 Å². The van der Waals surface area contributed by atoms with Gasteiger partial charge in [0.05, 0.1) is 22.8 Å². The third-order valence-corrected chi connectivity index (χ3v) is 6.21. The standard InChI is InChI=1S/C19H31Cl2N3O3/c1-12-7-14(10-22-9-12)19(26)23-6-5-13(2)24-18(25)11-27-15-3-4-16(20)17(21)8-15/h12,14-17,22H,2-11H2,1H3,(H,23,26)(H,24,25). The van der Waals surface area contributed by atoms with Gasteiger partial charge in [-0.15, -0.1) is 23.2 Å². The number of nitrogens with one attached hydrogen (secondary N) is 3. The molecule has 1 aliphatic carbocycles. The van der Waals surface area contributed by atoms with Crippen LogP contribution in [-0.4, -0.2) is 54.9 Å². The van der Waals surface area contributed by atoms with E-state index >= 15 is 0 Å². The van der Waals surface area contributed by atoms with Crippen LogP contribution in [0.4, 0.5) is 0 Å². The van der Waals surface area contributed by atoms with Gasteiger partial charge in [0.25, 0.3) is 0 Å². The van der Waals surface area contributed by atoms with Gasteiger partial charge in [0.1, 0.15) is 6.61 Å². The summed E-state index contributed by atoms with van der Waals surface area (Å²) in [5, 5.41) is 8.77. The Bertz CT molecular complexity index is 532. The van der Waals surface area contributed by atoms with Gasteiger partial charge in [-0.2, -0.15) is 0 Å². The van der Waals surface area contributed by atoms with Crippen molar-refractivity contribution >= 4 is 35.0 Å². The molecule has 0 aromatic rings. The molecule has 2 amide bonds. The van der Waals surface area contributed by atoms with E-state index in [0.717, 1.165) is 32.4 Å². The number of carbonyl (C=O) groups excluding carboxylic acids is 2. The molecule has 27 heavy (non-hydrogen) atoms. The summed E-state index contributed by atoms with van der Waals surface area (Å²) >= 11 is 12.2. The molecule has 2 fully saturated rings. The summed E-state index contributed by atoms with van der Waals surface area (Å²) in [6, 6.07) is 0. The summed E-state index contributed by atoms with van der Waals surface area (Å²) in [6.45, 7) is 8.10. The van der Waals surface area contributed by atoms with Crippen LogP contribution in [0.2, 0.25) is 0 Å². The molecule has 8 heteroatoms. The lowest BCUT2D eigenvalue weighted by Crippen LogP contribution is -2.43. The minimum absolute atomic E-state index is 0.0128. The largest absolute Gasteiger partial charge is 0.368 e. The number of halogens is 2. The fourth-order valence-electron chi connectivity index (χ4n) is 3.52. The zero-order chi connectivity index (χ0) is 19.8. The maximum Gasteiger partial charge on any atom is 0.250 e. The van der Waals surface area contributed by atoms with Crippen molar-refractivity contribution in [1.29, 1.82) is 0 Å². The second-order valence-electron chi connectivity index (χ2n) is 7.67. The molecule has 5 unspecified atom stereocenters. The number of piperidine rings is 1. The Hall–Kier alpha value is -0.820. The fraction of sp³-hybridized carbons (Fsp3) is 0.789. The topological polar surface area (TPSA) is 79.5 Å². The van der Waals surface area contributed by atoms with E-state index in [2.05, 4.69) is 29.5 Å². The Morgan fingerprint density at radius 3 is 2.67 bits per heavy atom. The van der Waals surface area contributed by atoms with E-state index in [1.807, 2.05) is 0 Å². The Morgan fingerprint density at radius 1 is 1.19 bits per heavy atom. The molecule has 0 spiro atoms. The third-order valence-electron chi connectivity index (χ3n) is 5.08. The van der Waals surface area contributed by atoms with Gasteiger partial charge in [-0.25, -0.2) is 0 Å². The van der Waals surface area contributed by atoms with Gasteiger partial charge in [-0.05, 0) is 38.1 Å². The van der Waals surface area contributed by atoms with Crippen molar-refractivity contribution in [2.75, 3.05) is 26.2 Å². The number of hydrogen-bond donors (Lipinski definition) is 3. The molecule has 0 aromatic heterocycles. The minimum atomic E-state index is -0.240. The van der Waals surface area contributed by atoms with E-state index in [4.69, 9.17) is 27.9 Å². The van der Waals surface area contributed by atoms with E-state index in [1.165, 1.54) is 0 Å². The normalized spacial score (nSPS) is 31.1. The number of carbonyl (C=O) groups is 2. The molecular formula is C19H31Cl2N3O3. The van der Waals surface area contributed by atoms with E-state index in [-0.39, 0.29) is 41.2 Å². The molecule has 3 N–H and O–H groups in total. The first-order valence-corrected chi connectivity index (χ1v) is 10.6. The van der Waals surface area contributed by atoms with Crippen molar-refractivity contribution < 1.29 is 14.3 Å². The first kappa shape index (κ1) is 22.5. The summed E-state index contributed by atoms with van der Waals surface area (Å²) in [5.74, 6) is 0.342. The predicted molar refractivity (Wildman–Crippen MR) is 108 cm³/mol. The lowest BCUT2D eigenvalue weighted by molar-refractivity contribution is -0.127. The van der Waals surface area contributed by atoms with Crippen LogP contribution in [0, 0.1) is 11.8 Å². The number of alkyl halides is 2. The molecule has 0 radical (unpaired) electrons. The number of amides is 2. The van der Waals surface area contributed by atoms with Crippen molar-refractivity contribution in [3.63, 3.8) is 0 Å². The van der Waals surface area contributed by atoms with E-state index < -0.39 is 0 Å². The van der Waals surface area contributed by atoms with Crippen molar-refractivity contribution in [2.45, 2.75) is 55.9 Å². The quantitative estimate of drug-likeness (QED) is 0.526. The highest BCUT2D eigenvalue weighted by Gasteiger charge is 2.28. The second-order valence-corrected chi connectivity index (χ2v) is 8.79. The minimum Gasteiger partial charge on any atom is -0.368 e. The van der Waals surface area contributed by atoms with Crippen LogP contribution < -0.4 is 16.0 Å². The lowest BCUT2D eigenvalue weighted by Gasteiger charge is -2.29. The first-order chi connectivity index (χ1) is 12.8. The van der Waals surface area contributed by atoms with Gasteiger partial charge in [0.2, 0.25) is 11.8 Å². The first-order valence-electron chi connectivity index (χ1n) is 9.71. The monoisotopic (exact) mass is 419 g/mol. The van der Waals surface area contributed by atoms with Gasteiger partial charge >= 0.3 is 0 Å². The SMILES string of the molecule is C=C(CCNC(=O)C1CNCC(C)C1)NC(=O)COC1CCC(Cl)C(Cl)C1. The van der Waals surface area contributed by atoms with Crippen molar-refractivity contribution in [2.24, 2.45) is 11.8 Å². The van der Waals surface area contributed by atoms with Gasteiger partial charge in [0, 0.05) is 25.2 Å². The average molecular weight is 420 g/mol. The molecule has 0 bridgehead atoms. The lowest BCUT2D eigenvalue weighted by atomic mass is 9.91. The van der Waals surface area contributed by atoms with E-state index in [0.29, 0.717) is 31.0 Å². The molecule has 1 saturated heterocycles. The van der Waals surface area contributed by atoms with Crippen LogP contribution in [-0.2, 0) is 14.3 Å². The van der Waals surface area contributed by atoms with Gasteiger partial charge in [0.15, 0.2) is 0 Å². The highest BCUT2D eigenvalue weighted by molar-refractivity contribution is 6.30. The molecule has 2 aliphatic rings. The van der Waals surface area contributed by atoms with Crippen molar-refractivity contribution in [3.05, 3.63) is 12.3 Å². The maximum absolute atomic E-state index is 12.2. The van der Waals surface area contributed by atoms with Gasteiger partial charge < -0.3 is 20.7 Å². The fourth-order valence-corrected chi connectivity index (χ4v) is 4.07. The summed E-state index contributed by atoms with van der Waals surface area (Å²) in [6.07, 6.45) is 3.63. The van der Waals surface area contributed by atoms with Crippen LogP contribution in [0.25, 0.3) is 0 Å². The van der Waals surface area contributed by atoms with Crippen LogP contribution in [0.15, 0.2) is 12.3 Å². The predicted octanol–water partition coefficient (Wildman–Crippen LogP) is 2.15. The number of ether oxygens (including phenoxy) is 1. The molecule has 1 aliphatic heterocycles. The third kappa shape index (κ3) is 7.98. The van der Waals surface area contributed by atoms with Gasteiger partial charge in [-0.3, -0.25) is 9.59 Å². The zero-order valence-electron chi connectivity index (χ0n) is 15.9. The Morgan fingerprint density at radius 2 is 1.96 bits per heavy atom. The summed E-state index contributed by atoms with van der Waals surface area (Å²) in [7, 11) is 0. The summed E-state index contributed by atoms with van der Waals surface area (Å²) in [5.41, 5.74) is 0.568. The Balaban J connectivity index is 1.57. The van der Waals surface area contributed by atoms with Crippen LogP contribution in [0.5, 0.6) is 0 Å². The Kier molecular flexibility index (Phi) is 9.36. The van der Waals surface area contributed by atoms with E-state index in [9.17, 15) is 9.59 Å². The molecule has 0 aromatic carbocycles. The molecule has 154 valence electrons. The van der Waals surface area contributed by atoms with Crippen molar-refractivity contribution in [3.8, 4) is 0 Å². The molecule has 1 saturated carbocycles. The van der Waals surface area contributed by atoms with Crippen molar-refractivity contribution in [1.82, 2.24) is 16.0 Å². The van der Waals surface area contributed by atoms with Gasteiger partial charge in [-0.1, -0.05) is 13.5 Å². The number of hydrogen-bond acceptors (Lipinski definition) is 4. The summed E-state index contributed by atoms with van der Waals surface area (Å²) in [4.78, 5) is 24.1. The summed E-state index contributed by atoms with van der Waals surface area (Å²) < 4.78 is 5.62. The number of rotatable bonds is 8. The molecule has 1 heterocycles. The average Bonchev–Trinajstić information content (AvgIpc) is 2.62. The molecule has 2 rings (SSSR count). The second kappa shape index (κ2) is 11.2. The molecule has 5 atom stereocenters. The van der Waals surface area contributed by atoms with E-state index in [1.54, 1.807) is 0 Å². The maximum atomic E-state index is 12.2. The van der Waals surface area contributed by atoms with Crippen LogP contribution in [0.1, 0.15) is 39.0 Å². The highest BCUT2D eigenvalue weighted by Crippen LogP contribution is 2.29. The Labute approximate surface area is 171 Å². The molecule has 6 nitrogen and oxygen atoms in total. The van der Waals surface area contributed by atoms with Crippen LogP contribution in [0.3, 0.4) is 0 Å². The highest BCUT2D eigenvalue weighted by atomic mass is 35.5. The zero-order valence-corrected chi connectivity index (χ0v) is 17.5.